The van der Waals surface area contributed by atoms with Crippen LogP contribution >= 0.6 is 0 Å². The lowest BCUT2D eigenvalue weighted by molar-refractivity contribution is 0.0636. The van der Waals surface area contributed by atoms with E-state index >= 15 is 0 Å². The Morgan fingerprint density at radius 1 is 0.935 bits per heavy atom. The molecule has 8 heteroatoms. The maximum absolute atomic E-state index is 12.6. The molecule has 0 aliphatic heterocycles. The number of carbonyl (C=O) groups excluding carboxylic acids is 2. The molecule has 2 aromatic heterocycles. The van der Waals surface area contributed by atoms with Crippen LogP contribution in [0.15, 0.2) is 67.1 Å². The van der Waals surface area contributed by atoms with Gasteiger partial charge in [0, 0.05) is 29.8 Å². The normalized spacial score (nSPS) is 10.8. The number of carbonyl (C=O) groups is 2. The van der Waals surface area contributed by atoms with Crippen molar-refractivity contribution >= 4 is 23.5 Å². The van der Waals surface area contributed by atoms with Gasteiger partial charge in [-0.25, -0.2) is 9.78 Å². The van der Waals surface area contributed by atoms with Crippen molar-refractivity contribution < 1.29 is 19.1 Å². The second-order valence-corrected chi connectivity index (χ2v) is 7.65. The fourth-order valence-electron chi connectivity index (χ4n) is 2.55. The number of ether oxygens (including phenoxy) is 2. The van der Waals surface area contributed by atoms with E-state index in [1.807, 2.05) is 12.1 Å². The molecule has 0 aliphatic carbocycles. The molecule has 160 valence electrons. The molecule has 2 amide bonds. The molecular weight excluding hydrogens is 396 g/mol. The summed E-state index contributed by atoms with van der Waals surface area (Å²) in [4.78, 5) is 32.7. The van der Waals surface area contributed by atoms with E-state index in [1.54, 1.807) is 75.8 Å². The van der Waals surface area contributed by atoms with Crippen LogP contribution in [0.5, 0.6) is 5.75 Å². The van der Waals surface area contributed by atoms with Gasteiger partial charge >= 0.3 is 6.09 Å². The predicted molar refractivity (Wildman–Crippen MR) is 117 cm³/mol. The molecule has 0 spiro atoms. The van der Waals surface area contributed by atoms with E-state index in [1.165, 1.54) is 0 Å². The van der Waals surface area contributed by atoms with Gasteiger partial charge in [0.05, 0.1) is 0 Å². The number of amides is 2. The van der Waals surface area contributed by atoms with E-state index in [9.17, 15) is 9.59 Å². The second-order valence-electron chi connectivity index (χ2n) is 7.65. The van der Waals surface area contributed by atoms with Gasteiger partial charge < -0.3 is 14.8 Å². The van der Waals surface area contributed by atoms with Crippen LogP contribution < -0.4 is 15.4 Å². The molecule has 0 unspecified atom stereocenters. The summed E-state index contributed by atoms with van der Waals surface area (Å²) < 4.78 is 11.0. The topological polar surface area (TPSA) is 102 Å². The Kier molecular flexibility index (Phi) is 6.81. The smallest absolute Gasteiger partial charge is 0.412 e. The predicted octanol–water partition coefficient (Wildman–Crippen LogP) is 4.65. The maximum atomic E-state index is 12.6. The highest BCUT2D eigenvalue weighted by molar-refractivity contribution is 6.04. The number of rotatable bonds is 6. The maximum Gasteiger partial charge on any atom is 0.412 e. The van der Waals surface area contributed by atoms with Crippen LogP contribution in [0.2, 0.25) is 0 Å². The van der Waals surface area contributed by atoms with Crippen LogP contribution in [0.4, 0.5) is 16.3 Å². The Morgan fingerprint density at radius 3 is 2.32 bits per heavy atom. The molecule has 3 rings (SSSR count). The number of hydrogen-bond donors (Lipinski definition) is 2. The molecule has 31 heavy (non-hydrogen) atoms. The van der Waals surface area contributed by atoms with Crippen LogP contribution in [0.25, 0.3) is 0 Å². The lowest BCUT2D eigenvalue weighted by atomic mass is 10.2. The fraction of sp³-hybridized carbons (Fsp3) is 0.217. The van der Waals surface area contributed by atoms with Crippen LogP contribution in [0.1, 0.15) is 36.7 Å². The van der Waals surface area contributed by atoms with Gasteiger partial charge in [-0.15, -0.1) is 0 Å². The molecule has 0 saturated carbocycles. The average molecular weight is 420 g/mol. The number of nitrogens with zero attached hydrogens (tertiary/aromatic N) is 2. The van der Waals surface area contributed by atoms with Gasteiger partial charge in [-0.3, -0.25) is 15.1 Å². The standard InChI is InChI=1S/C23H24N4O4/c1-23(2,3)31-22(29)26-18-8-6-17(7-9-18)21(28)27-20-19(5-4-12-25-20)30-15-16-10-13-24-14-11-16/h4-14H,15H2,1-3H3,(H,26,29)(H,25,27,28). The quantitative estimate of drug-likeness (QED) is 0.602. The van der Waals surface area contributed by atoms with Crippen molar-refractivity contribution in [2.75, 3.05) is 10.6 Å². The first-order chi connectivity index (χ1) is 14.8. The summed E-state index contributed by atoms with van der Waals surface area (Å²) in [5.74, 6) is 0.421. The summed E-state index contributed by atoms with van der Waals surface area (Å²) in [5.41, 5.74) is 1.28. The number of anilines is 2. The SMILES string of the molecule is CC(C)(C)OC(=O)Nc1ccc(C(=O)Nc2ncccc2OCc2ccncc2)cc1. The van der Waals surface area contributed by atoms with Crippen molar-refractivity contribution in [1.29, 1.82) is 0 Å². The first kappa shape index (κ1) is 21.8. The fourth-order valence-corrected chi connectivity index (χ4v) is 2.55. The van der Waals surface area contributed by atoms with Crippen molar-refractivity contribution in [2.24, 2.45) is 0 Å². The highest BCUT2D eigenvalue weighted by atomic mass is 16.6. The third-order valence-electron chi connectivity index (χ3n) is 3.94. The molecule has 0 bridgehead atoms. The molecule has 0 atom stereocenters. The third-order valence-corrected chi connectivity index (χ3v) is 3.94. The minimum atomic E-state index is -0.593. The Labute approximate surface area is 180 Å². The van der Waals surface area contributed by atoms with Gasteiger partial charge in [0.15, 0.2) is 11.6 Å². The Morgan fingerprint density at radius 2 is 1.65 bits per heavy atom. The van der Waals surface area contributed by atoms with Crippen molar-refractivity contribution in [3.63, 3.8) is 0 Å². The van der Waals surface area contributed by atoms with Gasteiger partial charge in [-0.05, 0) is 74.9 Å². The van der Waals surface area contributed by atoms with E-state index in [0.29, 0.717) is 29.4 Å². The number of pyridine rings is 2. The molecule has 0 radical (unpaired) electrons. The van der Waals surface area contributed by atoms with Crippen molar-refractivity contribution in [2.45, 2.75) is 33.0 Å². The number of hydrogen-bond acceptors (Lipinski definition) is 6. The minimum Gasteiger partial charge on any atom is -0.485 e. The van der Waals surface area contributed by atoms with Crippen LogP contribution in [0.3, 0.4) is 0 Å². The molecule has 1 aromatic carbocycles. The number of aromatic nitrogens is 2. The first-order valence-electron chi connectivity index (χ1n) is 9.68. The van der Waals surface area contributed by atoms with Crippen molar-refractivity contribution in [3.05, 3.63) is 78.2 Å². The molecule has 0 fully saturated rings. The summed E-state index contributed by atoms with van der Waals surface area (Å²) in [5, 5.41) is 5.38. The zero-order valence-corrected chi connectivity index (χ0v) is 17.6. The molecule has 2 heterocycles. The van der Waals surface area contributed by atoms with E-state index in [-0.39, 0.29) is 5.91 Å². The summed E-state index contributed by atoms with van der Waals surface area (Å²) in [7, 11) is 0. The van der Waals surface area contributed by atoms with E-state index in [4.69, 9.17) is 9.47 Å². The Balaban J connectivity index is 1.62. The monoisotopic (exact) mass is 420 g/mol. The van der Waals surface area contributed by atoms with Crippen LogP contribution in [-0.4, -0.2) is 27.6 Å². The lowest BCUT2D eigenvalue weighted by Gasteiger charge is -2.19. The zero-order chi connectivity index (χ0) is 22.3. The van der Waals surface area contributed by atoms with Crippen molar-refractivity contribution in [1.82, 2.24) is 9.97 Å². The largest absolute Gasteiger partial charge is 0.485 e. The lowest BCUT2D eigenvalue weighted by Crippen LogP contribution is -2.27. The summed E-state index contributed by atoms with van der Waals surface area (Å²) in [6.07, 6.45) is 4.38. The number of nitrogens with one attached hydrogen (secondary N) is 2. The Bertz CT molecular complexity index is 1030. The molecule has 8 nitrogen and oxygen atoms in total. The second kappa shape index (κ2) is 9.71. The molecule has 3 aromatic rings. The molecule has 2 N–H and O–H groups in total. The summed E-state index contributed by atoms with van der Waals surface area (Å²) >= 11 is 0. The molecule has 0 saturated heterocycles. The van der Waals surface area contributed by atoms with Gasteiger partial charge in [0.2, 0.25) is 0 Å². The highest BCUT2D eigenvalue weighted by Crippen LogP contribution is 2.23. The average Bonchev–Trinajstić information content (AvgIpc) is 2.73. The Hall–Kier alpha value is -3.94. The minimum absolute atomic E-state index is 0.317. The molecular formula is C23H24N4O4. The van der Waals surface area contributed by atoms with Gasteiger partial charge in [-0.1, -0.05) is 0 Å². The van der Waals surface area contributed by atoms with Gasteiger partial charge in [0.25, 0.3) is 5.91 Å². The van der Waals surface area contributed by atoms with Crippen molar-refractivity contribution in [3.8, 4) is 5.75 Å². The van der Waals surface area contributed by atoms with E-state index in [0.717, 1.165) is 5.56 Å². The molecule has 0 aliphatic rings. The van der Waals surface area contributed by atoms with Crippen LogP contribution in [-0.2, 0) is 11.3 Å². The van der Waals surface area contributed by atoms with E-state index in [2.05, 4.69) is 20.6 Å². The highest BCUT2D eigenvalue weighted by Gasteiger charge is 2.16. The van der Waals surface area contributed by atoms with E-state index < -0.39 is 11.7 Å². The van der Waals surface area contributed by atoms with Crippen LogP contribution in [0, 0.1) is 0 Å². The van der Waals surface area contributed by atoms with Gasteiger partial charge in [0.1, 0.15) is 12.2 Å². The summed E-state index contributed by atoms with van der Waals surface area (Å²) in [6.45, 7) is 5.67. The van der Waals surface area contributed by atoms with Gasteiger partial charge in [-0.2, -0.15) is 0 Å². The number of benzene rings is 1. The zero-order valence-electron chi connectivity index (χ0n) is 17.6. The third kappa shape index (κ3) is 6.81. The summed E-state index contributed by atoms with van der Waals surface area (Å²) in [6, 6.07) is 13.6. The first-order valence-corrected chi connectivity index (χ1v) is 9.68.